The molecule has 9 nitrogen and oxygen atoms in total. The molecule has 208 valence electrons. The standard InChI is InChI=1S/C29H29F2N5O4/c1-4-17(13-32-16(2)29(38)8-10-39-11-9-29)18-14-33-28-34-24-21-12-20(25(24)36(28)15-18)23-19(26(37)35(21)3)6-5-7-22(23)40-27(30)31/h4-7,13-15,20-21,27,38H,1,8-12H2,2-3H3/b17-13+,32-16?. The van der Waals surface area contributed by atoms with Crippen LogP contribution in [0.2, 0.25) is 0 Å². The van der Waals surface area contributed by atoms with E-state index >= 15 is 0 Å². The number of halogens is 2. The normalized spacial score (nSPS) is 22.4. The van der Waals surface area contributed by atoms with Crippen molar-refractivity contribution in [2.45, 2.75) is 50.4 Å². The van der Waals surface area contributed by atoms with Crippen LogP contribution in [-0.4, -0.2) is 68.5 Å². The summed E-state index contributed by atoms with van der Waals surface area (Å²) in [7, 11) is 1.70. The zero-order chi connectivity index (χ0) is 28.2. The molecular weight excluding hydrogens is 520 g/mol. The number of aromatic nitrogens is 3. The number of hydrogen-bond donors (Lipinski definition) is 1. The largest absolute Gasteiger partial charge is 0.434 e. The van der Waals surface area contributed by atoms with Gasteiger partial charge in [-0.2, -0.15) is 8.78 Å². The lowest BCUT2D eigenvalue weighted by molar-refractivity contribution is -0.0506. The molecule has 1 aliphatic carbocycles. The number of benzene rings is 1. The first-order chi connectivity index (χ1) is 19.2. The van der Waals surface area contributed by atoms with E-state index in [1.165, 1.54) is 6.07 Å². The summed E-state index contributed by atoms with van der Waals surface area (Å²) in [6.45, 7) is 3.65. The van der Waals surface area contributed by atoms with Crippen LogP contribution in [0.15, 0.2) is 54.4 Å². The lowest BCUT2D eigenvalue weighted by Crippen LogP contribution is -2.42. The Kier molecular flexibility index (Phi) is 6.50. The van der Waals surface area contributed by atoms with Crippen LogP contribution in [0.4, 0.5) is 8.78 Å². The number of alkyl halides is 2. The fraction of sp³-hybridized carbons (Fsp3) is 0.379. The highest BCUT2D eigenvalue weighted by Crippen LogP contribution is 2.52. The molecule has 0 radical (unpaired) electrons. The van der Waals surface area contributed by atoms with Crippen LogP contribution in [0.25, 0.3) is 11.4 Å². The number of hydrogen-bond acceptors (Lipinski definition) is 7. The van der Waals surface area contributed by atoms with Crippen LogP contribution in [0.3, 0.4) is 0 Å². The third-order valence-corrected chi connectivity index (χ3v) is 8.24. The second kappa shape index (κ2) is 9.90. The Labute approximate surface area is 229 Å². The number of aliphatic hydroxyl groups is 1. The average molecular weight is 550 g/mol. The lowest BCUT2D eigenvalue weighted by atomic mass is 9.90. The fourth-order valence-electron chi connectivity index (χ4n) is 5.97. The minimum Gasteiger partial charge on any atom is -0.434 e. The van der Waals surface area contributed by atoms with Gasteiger partial charge in [-0.3, -0.25) is 14.2 Å². The molecule has 6 rings (SSSR count). The lowest BCUT2D eigenvalue weighted by Gasteiger charge is -2.31. The molecule has 1 fully saturated rings. The molecular formula is C29H29F2N5O4. The van der Waals surface area contributed by atoms with Crippen LogP contribution in [-0.2, 0) is 4.74 Å². The third kappa shape index (κ3) is 4.20. The number of rotatable bonds is 6. The van der Waals surface area contributed by atoms with E-state index in [4.69, 9.17) is 14.5 Å². The molecule has 40 heavy (non-hydrogen) atoms. The van der Waals surface area contributed by atoms with E-state index in [1.807, 2.05) is 10.6 Å². The van der Waals surface area contributed by atoms with Gasteiger partial charge in [-0.05, 0) is 25.5 Å². The molecule has 3 aliphatic rings. The second-order valence-electron chi connectivity index (χ2n) is 10.4. The molecule has 2 bridgehead atoms. The van der Waals surface area contributed by atoms with Crippen molar-refractivity contribution in [2.24, 2.45) is 4.99 Å². The predicted molar refractivity (Wildman–Crippen MR) is 144 cm³/mol. The summed E-state index contributed by atoms with van der Waals surface area (Å²) >= 11 is 0. The summed E-state index contributed by atoms with van der Waals surface area (Å²) in [6.07, 6.45) is 8.28. The van der Waals surface area contributed by atoms with Gasteiger partial charge in [-0.25, -0.2) is 9.97 Å². The van der Waals surface area contributed by atoms with Gasteiger partial charge in [0.05, 0.1) is 17.4 Å². The van der Waals surface area contributed by atoms with Gasteiger partial charge in [0.1, 0.15) is 11.4 Å². The van der Waals surface area contributed by atoms with Crippen molar-refractivity contribution in [3.05, 3.63) is 77.5 Å². The Balaban J connectivity index is 1.46. The molecule has 1 amide bonds. The molecule has 0 saturated carbocycles. The van der Waals surface area contributed by atoms with Crippen molar-refractivity contribution in [3.8, 4) is 5.75 Å². The zero-order valence-electron chi connectivity index (χ0n) is 22.2. The SMILES string of the molecule is C=C/C(=C\N=C(C)C1(O)CCOCC1)c1cnc2nc3c(n2c1)C1CC3N(C)C(=O)c2cccc(OC(F)F)c21. The highest BCUT2D eigenvalue weighted by Gasteiger charge is 2.46. The monoisotopic (exact) mass is 549 g/mol. The van der Waals surface area contributed by atoms with E-state index in [0.717, 1.165) is 5.69 Å². The van der Waals surface area contributed by atoms with E-state index in [0.29, 0.717) is 71.9 Å². The van der Waals surface area contributed by atoms with Crippen molar-refractivity contribution in [1.82, 2.24) is 19.3 Å². The number of carbonyl (C=O) groups excluding carboxylic acids is 1. The Bertz CT molecular complexity index is 1570. The number of imidazole rings is 1. The molecule has 1 saturated heterocycles. The van der Waals surface area contributed by atoms with Gasteiger partial charge in [0.15, 0.2) is 0 Å². The van der Waals surface area contributed by atoms with Gasteiger partial charge >= 0.3 is 6.61 Å². The topological polar surface area (TPSA) is 102 Å². The summed E-state index contributed by atoms with van der Waals surface area (Å²) in [6, 6.07) is 4.32. The van der Waals surface area contributed by atoms with Gasteiger partial charge in [-0.15, -0.1) is 0 Å². The summed E-state index contributed by atoms with van der Waals surface area (Å²) in [5.74, 6) is -0.270. The number of nitrogens with zero attached hydrogens (tertiary/aromatic N) is 5. The van der Waals surface area contributed by atoms with Crippen LogP contribution in [0, 0.1) is 0 Å². The first kappa shape index (κ1) is 26.3. The molecule has 2 aliphatic heterocycles. The smallest absolute Gasteiger partial charge is 0.387 e. The highest BCUT2D eigenvalue weighted by atomic mass is 19.3. The molecule has 2 aromatic heterocycles. The molecule has 1 N–H and O–H groups in total. The molecule has 3 aromatic rings. The van der Waals surface area contributed by atoms with E-state index in [-0.39, 0.29) is 17.7 Å². The predicted octanol–water partition coefficient (Wildman–Crippen LogP) is 4.52. The van der Waals surface area contributed by atoms with Gasteiger partial charge in [0.25, 0.3) is 5.91 Å². The first-order valence-corrected chi connectivity index (χ1v) is 13.1. The molecule has 1 aromatic carbocycles. The molecule has 0 spiro atoms. The minimum absolute atomic E-state index is 0.0191. The van der Waals surface area contributed by atoms with Gasteiger partial charge < -0.3 is 19.5 Å². The van der Waals surface area contributed by atoms with Gasteiger partial charge in [-0.1, -0.05) is 18.7 Å². The Morgan fingerprint density at radius 1 is 1.35 bits per heavy atom. The van der Waals surface area contributed by atoms with Gasteiger partial charge in [0, 0.05) is 85.6 Å². The number of allylic oxidation sites excluding steroid dienone is 2. The molecule has 11 heteroatoms. The maximum Gasteiger partial charge on any atom is 0.387 e. The average Bonchev–Trinajstić information content (AvgIpc) is 3.46. The number of fused-ring (bicyclic) bond motifs is 9. The van der Waals surface area contributed by atoms with E-state index in [1.54, 1.807) is 49.5 Å². The van der Waals surface area contributed by atoms with Crippen molar-refractivity contribution in [3.63, 3.8) is 0 Å². The highest BCUT2D eigenvalue weighted by molar-refractivity contribution is 5.98. The summed E-state index contributed by atoms with van der Waals surface area (Å²) in [4.78, 5) is 28.8. The van der Waals surface area contributed by atoms with Crippen LogP contribution >= 0.6 is 0 Å². The maximum atomic E-state index is 13.4. The number of amides is 1. The van der Waals surface area contributed by atoms with E-state index in [2.05, 4.69) is 16.6 Å². The zero-order valence-corrected chi connectivity index (χ0v) is 22.2. The van der Waals surface area contributed by atoms with E-state index in [9.17, 15) is 18.7 Å². The molecule has 2 atom stereocenters. The number of ether oxygens (including phenoxy) is 2. The summed E-state index contributed by atoms with van der Waals surface area (Å²) in [5.41, 5.74) is 3.19. The summed E-state index contributed by atoms with van der Waals surface area (Å²) in [5, 5.41) is 10.9. The van der Waals surface area contributed by atoms with Crippen LogP contribution in [0.5, 0.6) is 5.75 Å². The Morgan fingerprint density at radius 2 is 2.12 bits per heavy atom. The first-order valence-electron chi connectivity index (χ1n) is 13.1. The van der Waals surface area contributed by atoms with Crippen LogP contribution in [0.1, 0.15) is 71.0 Å². The van der Waals surface area contributed by atoms with Gasteiger partial charge in [0.2, 0.25) is 5.78 Å². The third-order valence-electron chi connectivity index (χ3n) is 8.24. The number of aliphatic imine (C=N–C) groups is 1. The van der Waals surface area contributed by atoms with Crippen LogP contribution < -0.4 is 4.74 Å². The Hall–Kier alpha value is -3.96. The maximum absolute atomic E-state index is 13.4. The molecule has 2 unspecified atom stereocenters. The molecule has 4 heterocycles. The quantitative estimate of drug-likeness (QED) is 0.358. The fourth-order valence-corrected chi connectivity index (χ4v) is 5.97. The van der Waals surface area contributed by atoms with Crippen molar-refractivity contribution in [1.29, 1.82) is 0 Å². The van der Waals surface area contributed by atoms with Crippen molar-refractivity contribution in [2.75, 3.05) is 20.3 Å². The number of carbonyl (C=O) groups is 1. The minimum atomic E-state index is -3.03. The Morgan fingerprint density at radius 3 is 2.85 bits per heavy atom. The van der Waals surface area contributed by atoms with E-state index < -0.39 is 18.1 Å². The summed E-state index contributed by atoms with van der Waals surface area (Å²) < 4.78 is 38.8. The second-order valence-corrected chi connectivity index (χ2v) is 10.4. The van der Waals surface area contributed by atoms with Crippen molar-refractivity contribution < 1.29 is 28.2 Å². The van der Waals surface area contributed by atoms with Crippen molar-refractivity contribution >= 4 is 23.0 Å².